The Hall–Kier alpha value is -4.44. The third kappa shape index (κ3) is 20.9. The maximum Gasteiger partial charge on any atom is 0.355 e. The lowest BCUT2D eigenvalue weighted by Crippen LogP contribution is -2.25. The smallest absolute Gasteiger partial charge is 0.355 e. The van der Waals surface area contributed by atoms with Crippen LogP contribution in [-0.4, -0.2) is 110 Å². The van der Waals surface area contributed by atoms with Gasteiger partial charge >= 0.3 is 11.9 Å². The van der Waals surface area contributed by atoms with Crippen molar-refractivity contribution in [2.45, 2.75) is 27.7 Å². The molecular formula is C21H38N6O11. The minimum absolute atomic E-state index is 0.208. The summed E-state index contributed by atoms with van der Waals surface area (Å²) in [6.07, 6.45) is 0. The van der Waals surface area contributed by atoms with Crippen molar-refractivity contribution in [2.24, 2.45) is 25.8 Å². The Morgan fingerprint density at radius 2 is 1.13 bits per heavy atom. The molecule has 0 radical (unpaired) electrons. The molecule has 0 aromatic rings. The Bertz CT molecular complexity index is 779. The van der Waals surface area contributed by atoms with E-state index in [1.54, 1.807) is 13.8 Å². The molecular weight excluding hydrogens is 512 g/mol. The molecule has 0 fully saturated rings. The highest BCUT2D eigenvalue weighted by Crippen LogP contribution is 1.96. The van der Waals surface area contributed by atoms with Crippen LogP contribution >= 0.6 is 0 Å². The molecule has 17 nitrogen and oxygen atoms in total. The number of carbonyl (C=O) groups is 3. The topological polar surface area (TPSA) is 199 Å². The summed E-state index contributed by atoms with van der Waals surface area (Å²) in [6.45, 7) is 7.32. The van der Waals surface area contributed by atoms with E-state index in [2.05, 4.69) is 59.9 Å². The first-order valence-corrected chi connectivity index (χ1v) is 10.5. The number of hydrogen-bond acceptors (Lipinski definition) is 16. The van der Waals surface area contributed by atoms with Gasteiger partial charge in [-0.15, -0.1) is 0 Å². The fourth-order valence-corrected chi connectivity index (χ4v) is 1.66. The Morgan fingerprint density at radius 1 is 0.711 bits per heavy atom. The summed E-state index contributed by atoms with van der Waals surface area (Å²) in [5, 5.41) is 19.7. The first-order chi connectivity index (χ1) is 18.0. The lowest BCUT2D eigenvalue weighted by atomic mass is 10.4. The van der Waals surface area contributed by atoms with Gasteiger partial charge in [0.05, 0.1) is 14.2 Å². The van der Waals surface area contributed by atoms with Crippen LogP contribution in [0.15, 0.2) is 25.8 Å². The second-order valence-corrected chi connectivity index (χ2v) is 6.08. The molecule has 0 saturated heterocycles. The van der Waals surface area contributed by atoms with Crippen molar-refractivity contribution in [1.29, 1.82) is 0 Å². The molecule has 0 aromatic carbocycles. The van der Waals surface area contributed by atoms with Gasteiger partial charge in [-0.05, 0) is 32.9 Å². The summed E-state index contributed by atoms with van der Waals surface area (Å²) in [4.78, 5) is 53.8. The number of carbonyl (C=O) groups excluding carboxylic acids is 3. The molecule has 0 saturated carbocycles. The van der Waals surface area contributed by atoms with E-state index in [-0.39, 0.29) is 17.3 Å². The molecule has 0 aliphatic carbocycles. The summed E-state index contributed by atoms with van der Waals surface area (Å²) in [7, 11) is 9.71. The highest BCUT2D eigenvalue weighted by Gasteiger charge is 2.11. The largest absolute Gasteiger partial charge is 0.470 e. The fourth-order valence-electron chi connectivity index (χ4n) is 1.66. The number of oxime groups is 5. The quantitative estimate of drug-likeness (QED) is 0.250. The number of rotatable bonds is 8. The van der Waals surface area contributed by atoms with Crippen molar-refractivity contribution in [3.8, 4) is 0 Å². The second-order valence-electron chi connectivity index (χ2n) is 6.08. The van der Waals surface area contributed by atoms with E-state index >= 15 is 0 Å². The molecule has 0 bridgehead atoms. The minimum atomic E-state index is -0.475. The van der Waals surface area contributed by atoms with Crippen molar-refractivity contribution in [3.05, 3.63) is 0 Å². The van der Waals surface area contributed by atoms with E-state index in [1.165, 1.54) is 63.6 Å². The Balaban J connectivity index is -0.000000432. The van der Waals surface area contributed by atoms with Gasteiger partial charge in [-0.25, -0.2) is 9.59 Å². The highest BCUT2D eigenvalue weighted by atomic mass is 16.7. The maximum absolute atomic E-state index is 10.6. The average Bonchev–Trinajstić information content (AvgIpc) is 2.93. The van der Waals surface area contributed by atoms with E-state index < -0.39 is 11.9 Å². The molecule has 38 heavy (non-hydrogen) atoms. The summed E-state index contributed by atoms with van der Waals surface area (Å²) >= 11 is 0. The van der Waals surface area contributed by atoms with Gasteiger partial charge in [0.15, 0.2) is 18.0 Å². The van der Waals surface area contributed by atoms with Gasteiger partial charge < -0.3 is 43.7 Å². The summed E-state index contributed by atoms with van der Waals surface area (Å²) in [5.41, 5.74) is 1.31. The zero-order chi connectivity index (χ0) is 29.9. The molecule has 17 heteroatoms. The van der Waals surface area contributed by atoms with Crippen LogP contribution in [0.3, 0.4) is 0 Å². The maximum atomic E-state index is 10.6. The number of amides is 1. The van der Waals surface area contributed by atoms with Gasteiger partial charge in [0, 0.05) is 7.05 Å². The molecule has 1 rings (SSSR count). The van der Waals surface area contributed by atoms with Gasteiger partial charge in [0.25, 0.3) is 11.8 Å². The van der Waals surface area contributed by atoms with Crippen LogP contribution < -0.4 is 5.32 Å². The fraction of sp³-hybridized carbons (Fsp3) is 0.619. The van der Waals surface area contributed by atoms with E-state index in [9.17, 15) is 14.4 Å². The lowest BCUT2D eigenvalue weighted by Gasteiger charge is -2.11. The molecule has 1 N–H and O–H groups in total. The number of hydrogen-bond donors (Lipinski definition) is 1. The van der Waals surface area contributed by atoms with Crippen molar-refractivity contribution in [3.63, 3.8) is 0 Å². The van der Waals surface area contributed by atoms with Crippen LogP contribution in [0.5, 0.6) is 0 Å². The number of methoxy groups -OCH3 is 2. The van der Waals surface area contributed by atoms with Gasteiger partial charge in [0.1, 0.15) is 46.5 Å². The number of nitrogens with zero attached hydrogens (tertiary/aromatic N) is 5. The third-order valence-electron chi connectivity index (χ3n) is 3.30. The Morgan fingerprint density at radius 3 is 1.45 bits per heavy atom. The summed E-state index contributed by atoms with van der Waals surface area (Å²) in [6, 6.07) is 0. The van der Waals surface area contributed by atoms with Crippen LogP contribution in [0.1, 0.15) is 27.7 Å². The lowest BCUT2D eigenvalue weighted by molar-refractivity contribution is -0.133. The van der Waals surface area contributed by atoms with Crippen molar-refractivity contribution in [1.82, 2.24) is 5.32 Å². The van der Waals surface area contributed by atoms with Crippen molar-refractivity contribution < 1.29 is 52.8 Å². The van der Waals surface area contributed by atoms with Crippen LogP contribution in [0.25, 0.3) is 0 Å². The van der Waals surface area contributed by atoms with Gasteiger partial charge in [-0.1, -0.05) is 20.6 Å². The molecule has 1 aliphatic rings. The van der Waals surface area contributed by atoms with Crippen molar-refractivity contribution in [2.75, 3.05) is 62.9 Å². The zero-order valence-corrected chi connectivity index (χ0v) is 23.6. The third-order valence-corrected chi connectivity index (χ3v) is 3.30. The molecule has 0 atom stereocenters. The number of ether oxygens (including phenoxy) is 3. The van der Waals surface area contributed by atoms with Gasteiger partial charge in [0.2, 0.25) is 0 Å². The highest BCUT2D eigenvalue weighted by molar-refractivity contribution is 6.38. The first kappa shape index (κ1) is 38.1. The number of nitrogens with one attached hydrogen (secondary N) is 1. The first-order valence-electron chi connectivity index (χ1n) is 10.5. The van der Waals surface area contributed by atoms with E-state index in [4.69, 9.17) is 9.57 Å². The summed E-state index contributed by atoms with van der Waals surface area (Å²) in [5.74, 6) is -0.788. The standard InChI is InChI=1S/C6H10N2O3.C5H10N2O2.2C5H9NO3/c1-5(7-9-2)6-8-11-4-3-10-6;1-4(7-9-3)5(8)6-2;2*1-4(6-9-3)5(7)8-2/h3-4H2,1-2H3;1-3H3,(H,6,8);2*1-3H3. The van der Waals surface area contributed by atoms with E-state index in [1.807, 2.05) is 0 Å². The monoisotopic (exact) mass is 550 g/mol. The molecule has 0 spiro atoms. The number of esters is 2. The van der Waals surface area contributed by atoms with Crippen LogP contribution in [0.2, 0.25) is 0 Å². The van der Waals surface area contributed by atoms with Crippen LogP contribution in [0, 0.1) is 0 Å². The molecule has 0 aromatic heterocycles. The summed E-state index contributed by atoms with van der Waals surface area (Å²) < 4.78 is 13.7. The van der Waals surface area contributed by atoms with Crippen LogP contribution in [0.4, 0.5) is 0 Å². The Labute approximate surface area is 221 Å². The van der Waals surface area contributed by atoms with Gasteiger partial charge in [-0.2, -0.15) is 0 Å². The van der Waals surface area contributed by atoms with Crippen LogP contribution in [-0.2, 0) is 52.8 Å². The van der Waals surface area contributed by atoms with E-state index in [0.29, 0.717) is 30.5 Å². The predicted octanol–water partition coefficient (Wildman–Crippen LogP) is 0.487. The molecule has 218 valence electrons. The normalized spacial score (nSPS) is 12.9. The molecule has 1 amide bonds. The minimum Gasteiger partial charge on any atom is -0.470 e. The SMILES string of the molecule is CNC(=O)C(C)=NOC.CON=C(C)C(=O)OC.CON=C(C)C(=O)OC.CON=C(C)C1=NOCCO1. The predicted molar refractivity (Wildman–Crippen MR) is 138 cm³/mol. The Kier molecular flexibility index (Phi) is 25.7. The molecule has 1 aliphatic heterocycles. The molecule has 0 unspecified atom stereocenters. The zero-order valence-electron chi connectivity index (χ0n) is 23.6. The van der Waals surface area contributed by atoms with Crippen molar-refractivity contribution >= 4 is 46.6 Å². The van der Waals surface area contributed by atoms with Gasteiger partial charge in [-0.3, -0.25) is 4.79 Å². The second kappa shape index (κ2) is 25.6. The average molecular weight is 551 g/mol. The van der Waals surface area contributed by atoms with E-state index in [0.717, 1.165) is 0 Å². The molecule has 1 heterocycles.